The Morgan fingerprint density at radius 2 is 2.00 bits per heavy atom. The molecule has 0 spiro atoms. The van der Waals surface area contributed by atoms with Crippen molar-refractivity contribution in [2.45, 2.75) is 19.1 Å². The lowest BCUT2D eigenvalue weighted by Gasteiger charge is -2.10. The van der Waals surface area contributed by atoms with Crippen molar-refractivity contribution in [1.29, 1.82) is 0 Å². The highest BCUT2D eigenvalue weighted by atomic mass is 32.2. The molecule has 1 aromatic rings. The van der Waals surface area contributed by atoms with Gasteiger partial charge in [-0.25, -0.2) is 17.9 Å². The van der Waals surface area contributed by atoms with E-state index in [0.29, 0.717) is 0 Å². The first-order chi connectivity index (χ1) is 6.32. The van der Waals surface area contributed by atoms with Gasteiger partial charge in [0.25, 0.3) is 0 Å². The summed E-state index contributed by atoms with van der Waals surface area (Å²) in [4.78, 5) is 0. The minimum absolute atomic E-state index is 0.109. The predicted molar refractivity (Wildman–Crippen MR) is 52.7 cm³/mol. The average Bonchev–Trinajstić information content (AvgIpc) is 2.01. The molecular weight excluding hydrogens is 205 g/mol. The maximum atomic E-state index is 13.3. The highest BCUT2D eigenvalue weighted by Crippen LogP contribution is 2.22. The highest BCUT2D eigenvalue weighted by Gasteiger charge is 2.20. The van der Waals surface area contributed by atoms with Gasteiger partial charge in [0.1, 0.15) is 11.1 Å². The van der Waals surface area contributed by atoms with Crippen LogP contribution in [-0.2, 0) is 10.0 Å². The molecule has 0 radical (unpaired) electrons. The van der Waals surface area contributed by atoms with E-state index in [0.717, 1.165) is 5.56 Å². The van der Waals surface area contributed by atoms with Crippen LogP contribution in [0.25, 0.3) is 0 Å². The molecule has 14 heavy (non-hydrogen) atoms. The van der Waals surface area contributed by atoms with Crippen molar-refractivity contribution in [3.63, 3.8) is 0 Å². The lowest BCUT2D eigenvalue weighted by atomic mass is 10.1. The largest absolute Gasteiger partial charge is 0.228 e. The predicted octanol–water partition coefficient (Wildman–Crippen LogP) is 1.48. The van der Waals surface area contributed by atoms with Gasteiger partial charge >= 0.3 is 0 Å². The second-order valence-electron chi connectivity index (χ2n) is 3.26. The van der Waals surface area contributed by atoms with Gasteiger partial charge in [0.05, 0.1) is 0 Å². The van der Waals surface area contributed by atoms with E-state index in [9.17, 15) is 12.8 Å². The van der Waals surface area contributed by atoms with Crippen molar-refractivity contribution in [3.8, 4) is 0 Å². The van der Waals surface area contributed by atoms with E-state index in [2.05, 4.69) is 0 Å². The Kier molecular flexibility index (Phi) is 2.92. The smallest absolute Gasteiger partial charge is 0.215 e. The number of halogens is 1. The van der Waals surface area contributed by atoms with Gasteiger partial charge in [0.15, 0.2) is 0 Å². The molecule has 0 aliphatic heterocycles. The summed E-state index contributed by atoms with van der Waals surface area (Å²) in [7, 11) is -3.73. The van der Waals surface area contributed by atoms with Gasteiger partial charge in [-0.05, 0) is 25.5 Å². The number of nitrogens with two attached hydrogens (primary N) is 1. The second kappa shape index (κ2) is 3.67. The Labute approximate surface area is 82.8 Å². The van der Waals surface area contributed by atoms with Crippen LogP contribution < -0.4 is 5.14 Å². The van der Waals surface area contributed by atoms with Gasteiger partial charge in [0, 0.05) is 5.56 Å². The molecule has 0 aliphatic rings. The van der Waals surface area contributed by atoms with E-state index in [1.54, 1.807) is 13.0 Å². The molecule has 1 rings (SSSR count). The molecule has 5 heteroatoms. The fourth-order valence-corrected chi connectivity index (χ4v) is 1.68. The van der Waals surface area contributed by atoms with E-state index in [4.69, 9.17) is 5.14 Å². The summed E-state index contributed by atoms with van der Waals surface area (Å²) in [6.07, 6.45) is 0. The molecule has 0 heterocycles. The summed E-state index contributed by atoms with van der Waals surface area (Å²) in [6, 6.07) is 4.39. The van der Waals surface area contributed by atoms with Crippen molar-refractivity contribution >= 4 is 10.0 Å². The SMILES string of the molecule is Cc1ccc([C@H](C)S(N)(=O)=O)c(F)c1. The summed E-state index contributed by atoms with van der Waals surface area (Å²) in [5.74, 6) is -0.536. The van der Waals surface area contributed by atoms with Gasteiger partial charge in [-0.1, -0.05) is 12.1 Å². The molecular formula is C9H12FNO2S. The highest BCUT2D eigenvalue weighted by molar-refractivity contribution is 7.89. The maximum absolute atomic E-state index is 13.3. The fraction of sp³-hybridized carbons (Fsp3) is 0.333. The molecule has 0 bridgehead atoms. The van der Waals surface area contributed by atoms with Crippen LogP contribution in [0.15, 0.2) is 18.2 Å². The van der Waals surface area contributed by atoms with Gasteiger partial charge in [-0.3, -0.25) is 0 Å². The molecule has 0 unspecified atom stereocenters. The van der Waals surface area contributed by atoms with Crippen LogP contribution in [0.2, 0.25) is 0 Å². The van der Waals surface area contributed by atoms with Crippen molar-refractivity contribution in [1.82, 2.24) is 0 Å². The molecule has 0 saturated heterocycles. The first-order valence-corrected chi connectivity index (χ1v) is 5.71. The molecule has 2 N–H and O–H groups in total. The zero-order chi connectivity index (χ0) is 10.9. The lowest BCUT2D eigenvalue weighted by Crippen LogP contribution is -2.20. The minimum atomic E-state index is -3.73. The first-order valence-electron chi connectivity index (χ1n) is 4.10. The molecule has 0 amide bonds. The Morgan fingerprint density at radius 3 is 2.43 bits per heavy atom. The van der Waals surface area contributed by atoms with Crippen LogP contribution in [0, 0.1) is 12.7 Å². The number of sulfonamides is 1. The molecule has 0 aliphatic carbocycles. The summed E-state index contributed by atoms with van der Waals surface area (Å²) >= 11 is 0. The van der Waals surface area contributed by atoms with E-state index < -0.39 is 21.1 Å². The normalized spacial score (nSPS) is 14.0. The molecule has 1 aromatic carbocycles. The van der Waals surface area contributed by atoms with E-state index in [-0.39, 0.29) is 5.56 Å². The van der Waals surface area contributed by atoms with Gasteiger partial charge < -0.3 is 0 Å². The van der Waals surface area contributed by atoms with Gasteiger partial charge in [0.2, 0.25) is 10.0 Å². The minimum Gasteiger partial charge on any atom is -0.228 e. The van der Waals surface area contributed by atoms with Crippen molar-refractivity contribution in [2.24, 2.45) is 5.14 Å². The summed E-state index contributed by atoms with van der Waals surface area (Å²) in [5, 5.41) is 3.91. The standard InChI is InChI=1S/C9H12FNO2S/c1-6-3-4-8(9(10)5-6)7(2)14(11,12)13/h3-5,7H,1-2H3,(H2,11,12,13)/t7-/m0/s1. The van der Waals surface area contributed by atoms with Crippen molar-refractivity contribution < 1.29 is 12.8 Å². The fourth-order valence-electron chi connectivity index (χ4n) is 1.14. The second-order valence-corrected chi connectivity index (χ2v) is 5.14. The molecule has 78 valence electrons. The van der Waals surface area contributed by atoms with Crippen molar-refractivity contribution in [2.75, 3.05) is 0 Å². The Balaban J connectivity index is 3.21. The summed E-state index contributed by atoms with van der Waals surface area (Å²) in [5.41, 5.74) is 0.853. The molecule has 1 atom stereocenters. The molecule has 0 fully saturated rings. The zero-order valence-corrected chi connectivity index (χ0v) is 8.81. The molecule has 0 saturated carbocycles. The zero-order valence-electron chi connectivity index (χ0n) is 7.99. The van der Waals surface area contributed by atoms with Crippen LogP contribution in [0.3, 0.4) is 0 Å². The lowest BCUT2D eigenvalue weighted by molar-refractivity contribution is 0.574. The number of rotatable bonds is 2. The van der Waals surface area contributed by atoms with Crippen LogP contribution in [-0.4, -0.2) is 8.42 Å². The quantitative estimate of drug-likeness (QED) is 0.815. The number of hydrogen-bond acceptors (Lipinski definition) is 2. The summed E-state index contributed by atoms with van der Waals surface area (Å²) < 4.78 is 35.3. The Bertz CT molecular complexity index is 442. The number of hydrogen-bond donors (Lipinski definition) is 1. The summed E-state index contributed by atoms with van der Waals surface area (Å²) in [6.45, 7) is 3.09. The molecule has 0 aromatic heterocycles. The van der Waals surface area contributed by atoms with Crippen LogP contribution in [0.1, 0.15) is 23.3 Å². The van der Waals surface area contributed by atoms with E-state index >= 15 is 0 Å². The third-order valence-electron chi connectivity index (χ3n) is 2.09. The third-order valence-corrected chi connectivity index (χ3v) is 3.33. The van der Waals surface area contributed by atoms with Crippen LogP contribution in [0.4, 0.5) is 4.39 Å². The van der Waals surface area contributed by atoms with Gasteiger partial charge in [-0.2, -0.15) is 0 Å². The monoisotopic (exact) mass is 217 g/mol. The number of benzene rings is 1. The topological polar surface area (TPSA) is 60.2 Å². The average molecular weight is 217 g/mol. The number of aryl methyl sites for hydroxylation is 1. The maximum Gasteiger partial charge on any atom is 0.215 e. The Morgan fingerprint density at radius 1 is 1.43 bits per heavy atom. The molecule has 3 nitrogen and oxygen atoms in total. The third kappa shape index (κ3) is 2.30. The van der Waals surface area contributed by atoms with E-state index in [1.165, 1.54) is 19.1 Å². The van der Waals surface area contributed by atoms with Crippen LogP contribution in [0.5, 0.6) is 0 Å². The van der Waals surface area contributed by atoms with Crippen LogP contribution >= 0.6 is 0 Å². The first kappa shape index (κ1) is 11.1. The van der Waals surface area contributed by atoms with Crippen molar-refractivity contribution in [3.05, 3.63) is 35.1 Å². The Hall–Kier alpha value is -0.940. The van der Waals surface area contributed by atoms with Gasteiger partial charge in [-0.15, -0.1) is 0 Å². The number of primary sulfonamides is 1. The van der Waals surface area contributed by atoms with E-state index in [1.807, 2.05) is 0 Å².